The molecule has 20 heavy (non-hydrogen) atoms. The molecule has 0 aliphatic carbocycles. The number of nitrogens with zero attached hydrogens (tertiary/aromatic N) is 4. The van der Waals surface area contributed by atoms with Gasteiger partial charge in [0.15, 0.2) is 0 Å². The highest BCUT2D eigenvalue weighted by Crippen LogP contribution is 2.17. The molecular formula is C15H13ClN4. The van der Waals surface area contributed by atoms with Crippen LogP contribution in [0.25, 0.3) is 11.4 Å². The molecule has 0 amide bonds. The average molecular weight is 285 g/mol. The van der Waals surface area contributed by atoms with Crippen molar-refractivity contribution < 1.29 is 0 Å². The molecule has 4 nitrogen and oxygen atoms in total. The maximum atomic E-state index is 5.86. The second kappa shape index (κ2) is 5.43. The van der Waals surface area contributed by atoms with Crippen LogP contribution in [0.5, 0.6) is 0 Å². The molecule has 1 heterocycles. The van der Waals surface area contributed by atoms with Gasteiger partial charge in [-0.1, -0.05) is 41.4 Å². The van der Waals surface area contributed by atoms with Crippen molar-refractivity contribution in [2.75, 3.05) is 0 Å². The van der Waals surface area contributed by atoms with Crippen LogP contribution in [0.15, 0.2) is 48.5 Å². The molecule has 0 saturated heterocycles. The number of benzene rings is 2. The molecule has 0 bridgehead atoms. The zero-order valence-corrected chi connectivity index (χ0v) is 11.7. The van der Waals surface area contributed by atoms with Crippen LogP contribution in [0.2, 0.25) is 5.02 Å². The normalized spacial score (nSPS) is 10.7. The SMILES string of the molecule is Cc1ccc(Cn2nnc(-c3ccc(Cl)cc3)n2)cc1. The van der Waals surface area contributed by atoms with Gasteiger partial charge in [0.05, 0.1) is 6.54 Å². The van der Waals surface area contributed by atoms with Crippen molar-refractivity contribution in [1.29, 1.82) is 0 Å². The van der Waals surface area contributed by atoms with Crippen LogP contribution in [0.3, 0.4) is 0 Å². The maximum Gasteiger partial charge on any atom is 0.204 e. The molecule has 0 spiro atoms. The fraction of sp³-hybridized carbons (Fsp3) is 0.133. The Morgan fingerprint density at radius 2 is 1.70 bits per heavy atom. The molecule has 3 aromatic rings. The molecule has 2 aromatic carbocycles. The number of aryl methyl sites for hydroxylation is 1. The van der Waals surface area contributed by atoms with Crippen molar-refractivity contribution in [3.63, 3.8) is 0 Å². The summed E-state index contributed by atoms with van der Waals surface area (Å²) in [7, 11) is 0. The van der Waals surface area contributed by atoms with Crippen molar-refractivity contribution in [3.05, 3.63) is 64.7 Å². The molecule has 0 aliphatic heterocycles. The van der Waals surface area contributed by atoms with Gasteiger partial charge in [-0.2, -0.15) is 4.80 Å². The van der Waals surface area contributed by atoms with Gasteiger partial charge in [-0.15, -0.1) is 10.2 Å². The molecule has 0 radical (unpaired) electrons. The van der Waals surface area contributed by atoms with E-state index in [0.717, 1.165) is 11.1 Å². The minimum absolute atomic E-state index is 0.605. The van der Waals surface area contributed by atoms with Crippen LogP contribution in [0.1, 0.15) is 11.1 Å². The molecular weight excluding hydrogens is 272 g/mol. The summed E-state index contributed by atoms with van der Waals surface area (Å²) in [6, 6.07) is 15.7. The van der Waals surface area contributed by atoms with Gasteiger partial charge in [0.2, 0.25) is 5.82 Å². The molecule has 0 atom stereocenters. The number of aromatic nitrogens is 4. The van der Waals surface area contributed by atoms with Crippen LogP contribution in [-0.2, 0) is 6.54 Å². The Morgan fingerprint density at radius 3 is 2.40 bits per heavy atom. The van der Waals surface area contributed by atoms with Crippen LogP contribution in [0, 0.1) is 6.92 Å². The van der Waals surface area contributed by atoms with Gasteiger partial charge in [-0.05, 0) is 42.0 Å². The smallest absolute Gasteiger partial charge is 0.159 e. The van der Waals surface area contributed by atoms with E-state index in [0.29, 0.717) is 17.4 Å². The topological polar surface area (TPSA) is 43.6 Å². The Kier molecular flexibility index (Phi) is 3.48. The number of tetrazole rings is 1. The fourth-order valence-corrected chi connectivity index (χ4v) is 2.01. The highest BCUT2D eigenvalue weighted by Gasteiger charge is 2.06. The van der Waals surface area contributed by atoms with Gasteiger partial charge in [-0.25, -0.2) is 0 Å². The number of rotatable bonds is 3. The minimum Gasteiger partial charge on any atom is -0.159 e. The van der Waals surface area contributed by atoms with E-state index in [4.69, 9.17) is 11.6 Å². The standard InChI is InChI=1S/C15H13ClN4/c1-11-2-4-12(5-3-11)10-20-18-15(17-19-20)13-6-8-14(16)9-7-13/h2-9H,10H2,1H3. The third-order valence-corrected chi connectivity index (χ3v) is 3.25. The summed E-state index contributed by atoms with van der Waals surface area (Å²) in [4.78, 5) is 1.59. The maximum absolute atomic E-state index is 5.86. The summed E-state index contributed by atoms with van der Waals surface area (Å²) in [5.41, 5.74) is 3.29. The third kappa shape index (κ3) is 2.86. The van der Waals surface area contributed by atoms with Crippen LogP contribution in [0.4, 0.5) is 0 Å². The average Bonchev–Trinajstić information content (AvgIpc) is 2.91. The first-order chi connectivity index (χ1) is 9.70. The van der Waals surface area contributed by atoms with E-state index in [-0.39, 0.29) is 0 Å². The molecule has 1 aromatic heterocycles. The monoisotopic (exact) mass is 284 g/mol. The van der Waals surface area contributed by atoms with Crippen molar-refractivity contribution >= 4 is 11.6 Å². The summed E-state index contributed by atoms with van der Waals surface area (Å²) < 4.78 is 0. The highest BCUT2D eigenvalue weighted by molar-refractivity contribution is 6.30. The molecule has 0 fully saturated rings. The van der Waals surface area contributed by atoms with E-state index in [1.807, 2.05) is 24.3 Å². The molecule has 0 N–H and O–H groups in total. The van der Waals surface area contributed by atoms with Gasteiger partial charge >= 0.3 is 0 Å². The Labute approximate surface area is 122 Å². The Bertz CT molecular complexity index is 701. The number of hydrogen-bond donors (Lipinski definition) is 0. The van der Waals surface area contributed by atoms with Crippen LogP contribution >= 0.6 is 11.6 Å². The lowest BCUT2D eigenvalue weighted by atomic mass is 10.1. The van der Waals surface area contributed by atoms with E-state index in [2.05, 4.69) is 46.6 Å². The fourth-order valence-electron chi connectivity index (χ4n) is 1.88. The Morgan fingerprint density at radius 1 is 1.00 bits per heavy atom. The Balaban J connectivity index is 1.80. The highest BCUT2D eigenvalue weighted by atomic mass is 35.5. The summed E-state index contributed by atoms with van der Waals surface area (Å²) >= 11 is 5.86. The number of halogens is 1. The molecule has 0 saturated carbocycles. The predicted molar refractivity (Wildman–Crippen MR) is 78.5 cm³/mol. The zero-order valence-electron chi connectivity index (χ0n) is 11.0. The lowest BCUT2D eigenvalue weighted by Crippen LogP contribution is -2.03. The molecule has 3 rings (SSSR count). The van der Waals surface area contributed by atoms with E-state index in [1.54, 1.807) is 4.80 Å². The van der Waals surface area contributed by atoms with Crippen LogP contribution < -0.4 is 0 Å². The summed E-state index contributed by atoms with van der Waals surface area (Å²) in [6.45, 7) is 2.68. The second-order valence-electron chi connectivity index (χ2n) is 4.64. The van der Waals surface area contributed by atoms with Gasteiger partial charge in [-0.3, -0.25) is 0 Å². The largest absolute Gasteiger partial charge is 0.204 e. The zero-order chi connectivity index (χ0) is 13.9. The minimum atomic E-state index is 0.605. The third-order valence-electron chi connectivity index (χ3n) is 3.00. The predicted octanol–water partition coefficient (Wildman–Crippen LogP) is 3.35. The lowest BCUT2D eigenvalue weighted by Gasteiger charge is -2.00. The van der Waals surface area contributed by atoms with E-state index in [9.17, 15) is 0 Å². The van der Waals surface area contributed by atoms with Gasteiger partial charge < -0.3 is 0 Å². The molecule has 0 unspecified atom stereocenters. The van der Waals surface area contributed by atoms with E-state index in [1.165, 1.54) is 5.56 Å². The number of hydrogen-bond acceptors (Lipinski definition) is 3. The summed E-state index contributed by atoms with van der Waals surface area (Å²) in [5, 5.41) is 13.2. The molecule has 5 heteroatoms. The van der Waals surface area contributed by atoms with Crippen LogP contribution in [-0.4, -0.2) is 20.2 Å². The van der Waals surface area contributed by atoms with Crippen molar-refractivity contribution in [3.8, 4) is 11.4 Å². The lowest BCUT2D eigenvalue weighted by molar-refractivity contribution is 0.573. The summed E-state index contributed by atoms with van der Waals surface area (Å²) in [6.07, 6.45) is 0. The van der Waals surface area contributed by atoms with Gasteiger partial charge in [0.1, 0.15) is 0 Å². The van der Waals surface area contributed by atoms with Crippen molar-refractivity contribution in [2.45, 2.75) is 13.5 Å². The van der Waals surface area contributed by atoms with Crippen molar-refractivity contribution in [2.24, 2.45) is 0 Å². The quantitative estimate of drug-likeness (QED) is 0.741. The first kappa shape index (κ1) is 12.8. The van der Waals surface area contributed by atoms with Gasteiger partial charge in [0, 0.05) is 10.6 Å². The summed E-state index contributed by atoms with van der Waals surface area (Å²) in [5.74, 6) is 0.605. The van der Waals surface area contributed by atoms with E-state index < -0.39 is 0 Å². The van der Waals surface area contributed by atoms with Gasteiger partial charge in [0.25, 0.3) is 0 Å². The Hall–Kier alpha value is -2.20. The second-order valence-corrected chi connectivity index (χ2v) is 5.07. The first-order valence-electron chi connectivity index (χ1n) is 6.30. The first-order valence-corrected chi connectivity index (χ1v) is 6.68. The van der Waals surface area contributed by atoms with E-state index >= 15 is 0 Å². The molecule has 0 aliphatic rings. The van der Waals surface area contributed by atoms with Crippen molar-refractivity contribution in [1.82, 2.24) is 20.2 Å². The molecule has 100 valence electrons.